The first-order valence-corrected chi connectivity index (χ1v) is 6.07. The Hall–Kier alpha value is -1.81. The van der Waals surface area contributed by atoms with Gasteiger partial charge in [0.25, 0.3) is 0 Å². The molecule has 1 heterocycles. The maximum atomic E-state index is 4.82. The van der Waals surface area contributed by atoms with Gasteiger partial charge in [0.1, 0.15) is 6.26 Å². The Bertz CT molecular complexity index is 480. The minimum absolute atomic E-state index is 0.264. The Morgan fingerprint density at radius 2 is 2.06 bits per heavy atom. The SMILES string of the molecule is C[C@H](NCc1ccon1)c1ccccc1N(C)C. The largest absolute Gasteiger partial charge is 0.377 e. The smallest absolute Gasteiger partial charge is 0.124 e. The van der Waals surface area contributed by atoms with Crippen LogP contribution in [0.5, 0.6) is 0 Å². The number of hydrogen-bond donors (Lipinski definition) is 1. The van der Waals surface area contributed by atoms with Crippen LogP contribution in [0, 0.1) is 0 Å². The molecule has 0 saturated heterocycles. The summed E-state index contributed by atoms with van der Waals surface area (Å²) in [5.41, 5.74) is 3.44. The van der Waals surface area contributed by atoms with E-state index in [-0.39, 0.29) is 6.04 Å². The highest BCUT2D eigenvalue weighted by atomic mass is 16.5. The molecule has 1 aromatic carbocycles. The molecular weight excluding hydrogens is 226 g/mol. The van der Waals surface area contributed by atoms with E-state index in [1.165, 1.54) is 11.3 Å². The summed E-state index contributed by atoms with van der Waals surface area (Å²) in [6.07, 6.45) is 1.59. The summed E-state index contributed by atoms with van der Waals surface area (Å²) >= 11 is 0. The van der Waals surface area contributed by atoms with Gasteiger partial charge in [0.2, 0.25) is 0 Å². The molecule has 0 spiro atoms. The van der Waals surface area contributed by atoms with E-state index < -0.39 is 0 Å². The molecule has 96 valence electrons. The Kier molecular flexibility index (Phi) is 3.99. The van der Waals surface area contributed by atoms with Gasteiger partial charge in [0.05, 0.1) is 5.69 Å². The average Bonchev–Trinajstić information content (AvgIpc) is 2.89. The predicted octanol–water partition coefficient (Wildman–Crippen LogP) is 2.59. The number of rotatable bonds is 5. The van der Waals surface area contributed by atoms with Crippen LogP contribution in [0.25, 0.3) is 0 Å². The number of benzene rings is 1. The van der Waals surface area contributed by atoms with Crippen LogP contribution in [0.2, 0.25) is 0 Å². The third-order valence-electron chi connectivity index (χ3n) is 2.97. The number of aromatic nitrogens is 1. The Morgan fingerprint density at radius 3 is 2.72 bits per heavy atom. The monoisotopic (exact) mass is 245 g/mol. The van der Waals surface area contributed by atoms with Gasteiger partial charge in [-0.2, -0.15) is 0 Å². The fourth-order valence-electron chi connectivity index (χ4n) is 1.96. The second-order valence-electron chi connectivity index (χ2n) is 4.55. The fraction of sp³-hybridized carbons (Fsp3) is 0.357. The first-order chi connectivity index (χ1) is 8.68. The topological polar surface area (TPSA) is 41.3 Å². The number of nitrogens with zero attached hydrogens (tertiary/aromatic N) is 2. The summed E-state index contributed by atoms with van der Waals surface area (Å²) in [5.74, 6) is 0. The van der Waals surface area contributed by atoms with Gasteiger partial charge in [0.15, 0.2) is 0 Å². The molecule has 1 N–H and O–H groups in total. The Balaban J connectivity index is 2.06. The lowest BCUT2D eigenvalue weighted by atomic mass is 10.1. The lowest BCUT2D eigenvalue weighted by molar-refractivity contribution is 0.406. The molecule has 4 heteroatoms. The molecular formula is C14H19N3O. The predicted molar refractivity (Wildman–Crippen MR) is 72.5 cm³/mol. The van der Waals surface area contributed by atoms with E-state index in [9.17, 15) is 0 Å². The minimum atomic E-state index is 0.264. The summed E-state index contributed by atoms with van der Waals surface area (Å²) in [7, 11) is 4.12. The van der Waals surface area contributed by atoms with E-state index in [1.54, 1.807) is 6.26 Å². The molecule has 0 bridgehead atoms. The van der Waals surface area contributed by atoms with Crippen molar-refractivity contribution in [3.63, 3.8) is 0 Å². The van der Waals surface area contributed by atoms with E-state index in [1.807, 2.05) is 6.07 Å². The van der Waals surface area contributed by atoms with Crippen molar-refractivity contribution in [2.24, 2.45) is 0 Å². The van der Waals surface area contributed by atoms with Crippen LogP contribution in [0.1, 0.15) is 24.2 Å². The molecule has 0 radical (unpaired) electrons. The van der Waals surface area contributed by atoms with E-state index >= 15 is 0 Å². The van der Waals surface area contributed by atoms with E-state index in [2.05, 4.69) is 60.7 Å². The first kappa shape index (κ1) is 12.6. The van der Waals surface area contributed by atoms with Gasteiger partial charge in [-0.3, -0.25) is 0 Å². The van der Waals surface area contributed by atoms with Gasteiger partial charge in [-0.05, 0) is 18.6 Å². The molecule has 0 aliphatic rings. The van der Waals surface area contributed by atoms with Crippen molar-refractivity contribution >= 4 is 5.69 Å². The second kappa shape index (κ2) is 5.69. The molecule has 0 saturated carbocycles. The highest BCUT2D eigenvalue weighted by molar-refractivity contribution is 5.53. The van der Waals surface area contributed by atoms with Crippen molar-refractivity contribution < 1.29 is 4.52 Å². The van der Waals surface area contributed by atoms with Crippen molar-refractivity contribution in [2.75, 3.05) is 19.0 Å². The summed E-state index contributed by atoms with van der Waals surface area (Å²) in [6, 6.07) is 10.5. The van der Waals surface area contributed by atoms with Gasteiger partial charge in [-0.25, -0.2) is 0 Å². The van der Waals surface area contributed by atoms with Gasteiger partial charge in [-0.15, -0.1) is 0 Å². The molecule has 0 amide bonds. The summed E-state index contributed by atoms with van der Waals surface area (Å²) in [5, 5.41) is 7.34. The second-order valence-corrected chi connectivity index (χ2v) is 4.55. The first-order valence-electron chi connectivity index (χ1n) is 6.07. The standard InChI is InChI=1S/C14H19N3O/c1-11(15-10-12-8-9-18-16-12)13-6-4-5-7-14(13)17(2)3/h4-9,11,15H,10H2,1-3H3/t11-/m0/s1. The van der Waals surface area contributed by atoms with Gasteiger partial charge in [-0.1, -0.05) is 23.4 Å². The lowest BCUT2D eigenvalue weighted by Crippen LogP contribution is -2.21. The molecule has 1 aromatic heterocycles. The zero-order valence-electron chi connectivity index (χ0n) is 11.1. The Labute approximate surface area is 108 Å². The molecule has 18 heavy (non-hydrogen) atoms. The maximum absolute atomic E-state index is 4.82. The molecule has 0 unspecified atom stereocenters. The van der Waals surface area contributed by atoms with Crippen molar-refractivity contribution in [2.45, 2.75) is 19.5 Å². The maximum Gasteiger partial charge on any atom is 0.124 e. The lowest BCUT2D eigenvalue weighted by Gasteiger charge is -2.22. The van der Waals surface area contributed by atoms with Crippen LogP contribution in [0.4, 0.5) is 5.69 Å². The molecule has 4 nitrogen and oxygen atoms in total. The zero-order valence-corrected chi connectivity index (χ0v) is 11.1. The summed E-state index contributed by atoms with van der Waals surface area (Å²) in [6.45, 7) is 2.86. The van der Waals surface area contributed by atoms with Crippen LogP contribution < -0.4 is 10.2 Å². The van der Waals surface area contributed by atoms with Crippen LogP contribution in [-0.2, 0) is 6.54 Å². The van der Waals surface area contributed by atoms with E-state index in [0.717, 1.165) is 5.69 Å². The number of hydrogen-bond acceptors (Lipinski definition) is 4. The van der Waals surface area contributed by atoms with E-state index in [0.29, 0.717) is 6.54 Å². The Morgan fingerprint density at radius 1 is 1.28 bits per heavy atom. The highest BCUT2D eigenvalue weighted by Gasteiger charge is 2.11. The van der Waals surface area contributed by atoms with Crippen molar-refractivity contribution in [1.82, 2.24) is 10.5 Å². The quantitative estimate of drug-likeness (QED) is 0.879. The van der Waals surface area contributed by atoms with Crippen LogP contribution in [-0.4, -0.2) is 19.3 Å². The van der Waals surface area contributed by atoms with Crippen molar-refractivity contribution in [1.29, 1.82) is 0 Å². The highest BCUT2D eigenvalue weighted by Crippen LogP contribution is 2.24. The fourth-order valence-corrected chi connectivity index (χ4v) is 1.96. The van der Waals surface area contributed by atoms with Crippen LogP contribution >= 0.6 is 0 Å². The molecule has 0 fully saturated rings. The van der Waals surface area contributed by atoms with Gasteiger partial charge < -0.3 is 14.7 Å². The summed E-state index contributed by atoms with van der Waals surface area (Å²) in [4.78, 5) is 2.13. The molecule has 2 aromatic rings. The molecule has 1 atom stereocenters. The summed E-state index contributed by atoms with van der Waals surface area (Å²) < 4.78 is 4.82. The molecule has 0 aliphatic carbocycles. The van der Waals surface area contributed by atoms with Gasteiger partial charge >= 0.3 is 0 Å². The number of nitrogens with one attached hydrogen (secondary N) is 1. The third-order valence-corrected chi connectivity index (χ3v) is 2.97. The van der Waals surface area contributed by atoms with E-state index in [4.69, 9.17) is 4.52 Å². The van der Waals surface area contributed by atoms with Crippen LogP contribution in [0.3, 0.4) is 0 Å². The normalized spacial score (nSPS) is 12.4. The van der Waals surface area contributed by atoms with Gasteiger partial charge in [0, 0.05) is 38.4 Å². The van der Waals surface area contributed by atoms with Crippen molar-refractivity contribution in [3.05, 3.63) is 47.9 Å². The number of para-hydroxylation sites is 1. The zero-order chi connectivity index (χ0) is 13.0. The van der Waals surface area contributed by atoms with Crippen LogP contribution in [0.15, 0.2) is 41.1 Å². The molecule has 0 aliphatic heterocycles. The average molecular weight is 245 g/mol. The molecule has 2 rings (SSSR count). The number of anilines is 1. The third kappa shape index (κ3) is 2.90. The van der Waals surface area contributed by atoms with Crippen molar-refractivity contribution in [3.8, 4) is 0 Å². The minimum Gasteiger partial charge on any atom is -0.377 e.